The van der Waals surface area contributed by atoms with Gasteiger partial charge in [0.15, 0.2) is 0 Å². The largest absolute Gasteiger partial charge is 0.447 e. The summed E-state index contributed by atoms with van der Waals surface area (Å²) in [4.78, 5) is 22.0. The molecule has 0 saturated carbocycles. The molecule has 0 atom stereocenters. The van der Waals surface area contributed by atoms with E-state index in [1.165, 1.54) is 0 Å². The Morgan fingerprint density at radius 2 is 1.43 bits per heavy atom. The molecule has 2 rings (SSSR count). The average Bonchev–Trinajstić information content (AvgIpc) is 2.73. The standard InChI is InChI=1S/C6H8N2O5S/c9-5-7(1-3-12-5)14(11)8-2-4-13-6(8)10/h1-4H2. The first-order chi connectivity index (χ1) is 6.70. The zero-order valence-corrected chi connectivity index (χ0v) is 7.99. The molecule has 0 N–H and O–H groups in total. The van der Waals surface area contributed by atoms with Crippen molar-refractivity contribution < 1.29 is 23.3 Å². The minimum absolute atomic E-state index is 0.202. The molecule has 0 radical (unpaired) electrons. The first-order valence-electron chi connectivity index (χ1n) is 4.01. The Bertz CT molecular complexity index is 279. The zero-order valence-electron chi connectivity index (χ0n) is 7.17. The lowest BCUT2D eigenvalue weighted by atomic mass is 10.7. The number of rotatable bonds is 2. The van der Waals surface area contributed by atoms with Crippen molar-refractivity contribution in [2.24, 2.45) is 0 Å². The number of hydrogen-bond donors (Lipinski definition) is 0. The summed E-state index contributed by atoms with van der Waals surface area (Å²) in [6.07, 6.45) is -1.33. The molecule has 2 aliphatic rings. The van der Waals surface area contributed by atoms with Crippen molar-refractivity contribution in [3.8, 4) is 0 Å². The molecule has 0 unspecified atom stereocenters. The Kier molecular flexibility index (Phi) is 2.28. The predicted molar refractivity (Wildman–Crippen MR) is 44.3 cm³/mol. The van der Waals surface area contributed by atoms with Gasteiger partial charge in [0.1, 0.15) is 13.2 Å². The van der Waals surface area contributed by atoms with Gasteiger partial charge in [0.05, 0.1) is 13.1 Å². The molecule has 0 spiro atoms. The number of ether oxygens (including phenoxy) is 2. The van der Waals surface area contributed by atoms with E-state index in [1.54, 1.807) is 0 Å². The van der Waals surface area contributed by atoms with Crippen molar-refractivity contribution in [2.75, 3.05) is 26.3 Å². The Hall–Kier alpha value is -1.31. The van der Waals surface area contributed by atoms with Gasteiger partial charge in [-0.1, -0.05) is 0 Å². The second-order valence-corrected chi connectivity index (χ2v) is 4.01. The highest BCUT2D eigenvalue weighted by atomic mass is 32.2. The molecule has 0 aromatic heterocycles. The van der Waals surface area contributed by atoms with Gasteiger partial charge in [0, 0.05) is 0 Å². The maximum absolute atomic E-state index is 11.6. The number of carbonyl (C=O) groups is 2. The van der Waals surface area contributed by atoms with Crippen LogP contribution in [0, 0.1) is 0 Å². The summed E-state index contributed by atoms with van der Waals surface area (Å²) in [6, 6.07) is 0. The molecule has 0 aromatic rings. The molecule has 0 aliphatic carbocycles. The van der Waals surface area contributed by atoms with Crippen LogP contribution in [0.1, 0.15) is 0 Å². The van der Waals surface area contributed by atoms with Crippen molar-refractivity contribution >= 4 is 23.4 Å². The van der Waals surface area contributed by atoms with Gasteiger partial charge >= 0.3 is 12.2 Å². The Balaban J connectivity index is 2.07. The second-order valence-electron chi connectivity index (χ2n) is 2.66. The first-order valence-corrected chi connectivity index (χ1v) is 5.07. The summed E-state index contributed by atoms with van der Waals surface area (Å²) >= 11 is -1.81. The van der Waals surface area contributed by atoms with Crippen LogP contribution in [0.2, 0.25) is 0 Å². The van der Waals surface area contributed by atoms with E-state index in [4.69, 9.17) is 0 Å². The highest BCUT2D eigenvalue weighted by Crippen LogP contribution is 2.14. The van der Waals surface area contributed by atoms with Crippen molar-refractivity contribution in [3.63, 3.8) is 0 Å². The van der Waals surface area contributed by atoms with Gasteiger partial charge < -0.3 is 9.47 Å². The van der Waals surface area contributed by atoms with E-state index in [1.807, 2.05) is 0 Å². The molecule has 2 heterocycles. The van der Waals surface area contributed by atoms with E-state index in [0.717, 1.165) is 8.61 Å². The SMILES string of the molecule is O=C1OCCN1S(=O)N1CCOC1=O. The van der Waals surface area contributed by atoms with Gasteiger partial charge in [-0.05, 0) is 0 Å². The molecule has 78 valence electrons. The fourth-order valence-electron chi connectivity index (χ4n) is 1.16. The normalized spacial score (nSPS) is 21.8. The van der Waals surface area contributed by atoms with Crippen molar-refractivity contribution in [3.05, 3.63) is 0 Å². The summed E-state index contributed by atoms with van der Waals surface area (Å²) in [7, 11) is 0. The van der Waals surface area contributed by atoms with E-state index in [2.05, 4.69) is 9.47 Å². The zero-order chi connectivity index (χ0) is 10.1. The molecule has 14 heavy (non-hydrogen) atoms. The van der Waals surface area contributed by atoms with Crippen LogP contribution in [0.15, 0.2) is 0 Å². The van der Waals surface area contributed by atoms with Gasteiger partial charge in [0.25, 0.3) is 0 Å². The lowest BCUT2D eigenvalue weighted by Crippen LogP contribution is -2.39. The van der Waals surface area contributed by atoms with Gasteiger partial charge in [-0.2, -0.15) is 0 Å². The van der Waals surface area contributed by atoms with Gasteiger partial charge in [0.2, 0.25) is 11.2 Å². The highest BCUT2D eigenvalue weighted by molar-refractivity contribution is 7.81. The quantitative estimate of drug-likeness (QED) is 0.625. The third-order valence-electron chi connectivity index (χ3n) is 1.82. The van der Waals surface area contributed by atoms with E-state index in [0.29, 0.717) is 0 Å². The number of hydrogen-bond acceptors (Lipinski definition) is 5. The number of carbonyl (C=O) groups excluding carboxylic acids is 2. The molecule has 7 nitrogen and oxygen atoms in total. The fourth-order valence-corrected chi connectivity index (χ4v) is 2.22. The van der Waals surface area contributed by atoms with E-state index in [-0.39, 0.29) is 26.3 Å². The van der Waals surface area contributed by atoms with E-state index in [9.17, 15) is 13.8 Å². The Morgan fingerprint density at radius 3 is 1.71 bits per heavy atom. The molecule has 2 fully saturated rings. The summed E-state index contributed by atoms with van der Waals surface area (Å²) in [5.74, 6) is 0. The number of cyclic esters (lactones) is 2. The fraction of sp³-hybridized carbons (Fsp3) is 0.667. The van der Waals surface area contributed by atoms with Crippen LogP contribution >= 0.6 is 0 Å². The van der Waals surface area contributed by atoms with Gasteiger partial charge in [-0.3, -0.25) is 0 Å². The lowest BCUT2D eigenvalue weighted by molar-refractivity contribution is 0.167. The van der Waals surface area contributed by atoms with Crippen LogP contribution < -0.4 is 0 Å². The smallest absolute Gasteiger partial charge is 0.423 e. The van der Waals surface area contributed by atoms with Crippen LogP contribution in [-0.2, 0) is 20.6 Å². The second kappa shape index (κ2) is 3.45. The summed E-state index contributed by atoms with van der Waals surface area (Å²) < 4.78 is 22.8. The van der Waals surface area contributed by atoms with Crippen LogP contribution in [0.3, 0.4) is 0 Å². The summed E-state index contributed by atoms with van der Waals surface area (Å²) in [5.41, 5.74) is 0. The van der Waals surface area contributed by atoms with E-state index >= 15 is 0 Å². The lowest BCUT2D eigenvalue weighted by Gasteiger charge is -2.17. The molecule has 2 aliphatic heterocycles. The van der Waals surface area contributed by atoms with Crippen molar-refractivity contribution in [2.45, 2.75) is 0 Å². The highest BCUT2D eigenvalue weighted by Gasteiger charge is 2.36. The number of amides is 2. The molecular weight excluding hydrogens is 212 g/mol. The topological polar surface area (TPSA) is 76.2 Å². The summed E-state index contributed by atoms with van der Waals surface area (Å²) in [5, 5.41) is 0. The Labute approximate surface area is 82.3 Å². The minimum Gasteiger partial charge on any atom is -0.447 e. The molecule has 0 aromatic carbocycles. The van der Waals surface area contributed by atoms with Crippen molar-refractivity contribution in [1.29, 1.82) is 0 Å². The maximum Gasteiger partial charge on any atom is 0.423 e. The Morgan fingerprint density at radius 1 is 1.00 bits per heavy atom. The maximum atomic E-state index is 11.6. The van der Waals surface area contributed by atoms with Crippen LogP contribution in [-0.4, -0.2) is 51.3 Å². The third-order valence-corrected chi connectivity index (χ3v) is 3.24. The molecular formula is C6H8N2O5S. The first kappa shape index (κ1) is 9.25. The van der Waals surface area contributed by atoms with E-state index < -0.39 is 23.4 Å². The molecule has 8 heteroatoms. The van der Waals surface area contributed by atoms with Crippen LogP contribution in [0.4, 0.5) is 9.59 Å². The molecule has 2 amide bonds. The van der Waals surface area contributed by atoms with Crippen molar-refractivity contribution in [1.82, 2.24) is 8.61 Å². The predicted octanol–water partition coefficient (Wildman–Crippen LogP) is -0.530. The van der Waals surface area contributed by atoms with Gasteiger partial charge in [-0.15, -0.1) is 0 Å². The summed E-state index contributed by atoms with van der Waals surface area (Å²) in [6.45, 7) is 0.866. The van der Waals surface area contributed by atoms with Gasteiger partial charge in [-0.25, -0.2) is 22.4 Å². The van der Waals surface area contributed by atoms with Crippen LogP contribution in [0.5, 0.6) is 0 Å². The molecule has 0 bridgehead atoms. The third kappa shape index (κ3) is 1.41. The molecule has 2 saturated heterocycles. The monoisotopic (exact) mass is 220 g/mol. The number of nitrogens with zero attached hydrogens (tertiary/aromatic N) is 2. The minimum atomic E-state index is -1.81. The average molecular weight is 220 g/mol. The van der Waals surface area contributed by atoms with Crippen LogP contribution in [0.25, 0.3) is 0 Å².